The predicted octanol–water partition coefficient (Wildman–Crippen LogP) is 2.53. The quantitative estimate of drug-likeness (QED) is 0.904. The molecule has 2 fully saturated rings. The molecule has 1 aromatic heterocycles. The van der Waals surface area contributed by atoms with Gasteiger partial charge in [-0.15, -0.1) is 0 Å². The minimum absolute atomic E-state index is 0.745. The molecule has 2 aliphatic rings. The zero-order chi connectivity index (χ0) is 15.0. The normalized spacial score (nSPS) is 29.2. The van der Waals surface area contributed by atoms with Crippen LogP contribution in [0.3, 0.4) is 0 Å². The van der Waals surface area contributed by atoms with E-state index in [9.17, 15) is 0 Å². The fourth-order valence-corrected chi connectivity index (χ4v) is 4.28. The van der Waals surface area contributed by atoms with Gasteiger partial charge in [-0.25, -0.2) is 0 Å². The van der Waals surface area contributed by atoms with E-state index >= 15 is 0 Å². The van der Waals surface area contributed by atoms with Gasteiger partial charge in [-0.1, -0.05) is 6.92 Å². The molecule has 0 amide bonds. The van der Waals surface area contributed by atoms with E-state index in [1.807, 2.05) is 4.68 Å². The van der Waals surface area contributed by atoms with Gasteiger partial charge in [0, 0.05) is 43.0 Å². The Morgan fingerprint density at radius 2 is 1.86 bits per heavy atom. The molecule has 2 bridgehead atoms. The average molecular weight is 290 g/mol. The van der Waals surface area contributed by atoms with Crippen molar-refractivity contribution in [3.05, 3.63) is 17.0 Å². The van der Waals surface area contributed by atoms with E-state index in [2.05, 4.69) is 43.1 Å². The van der Waals surface area contributed by atoms with Crippen LogP contribution in [0.1, 0.15) is 56.0 Å². The number of nitrogens with zero attached hydrogens (tertiary/aromatic N) is 3. The number of hydrogen-bond donors (Lipinski definition) is 1. The highest BCUT2D eigenvalue weighted by atomic mass is 15.3. The summed E-state index contributed by atoms with van der Waals surface area (Å²) in [5.41, 5.74) is 3.99. The standard InChI is InChI=1S/C17H30N4/c1-5-8-18-14-9-15-6-7-16(10-14)21(15)11-17-12(2)19-20(4)13(17)3/h14-16,18H,5-11H2,1-4H3. The van der Waals surface area contributed by atoms with Crippen LogP contribution < -0.4 is 5.32 Å². The van der Waals surface area contributed by atoms with Gasteiger partial charge in [0.2, 0.25) is 0 Å². The zero-order valence-corrected chi connectivity index (χ0v) is 14.0. The summed E-state index contributed by atoms with van der Waals surface area (Å²) in [7, 11) is 2.06. The summed E-state index contributed by atoms with van der Waals surface area (Å²) in [5, 5.41) is 8.32. The van der Waals surface area contributed by atoms with Gasteiger partial charge in [-0.2, -0.15) is 5.10 Å². The van der Waals surface area contributed by atoms with Crippen LogP contribution in [-0.2, 0) is 13.6 Å². The average Bonchev–Trinajstić information content (AvgIpc) is 2.83. The van der Waals surface area contributed by atoms with Crippen LogP contribution in [0.2, 0.25) is 0 Å². The van der Waals surface area contributed by atoms with Crippen molar-refractivity contribution in [1.29, 1.82) is 0 Å². The number of aromatic nitrogens is 2. The SMILES string of the molecule is CCCNC1CC2CCC(C1)N2Cc1c(C)nn(C)c1C. The fourth-order valence-electron chi connectivity index (χ4n) is 4.28. The molecule has 0 radical (unpaired) electrons. The van der Waals surface area contributed by atoms with Gasteiger partial charge in [-0.3, -0.25) is 9.58 Å². The third kappa shape index (κ3) is 2.88. The van der Waals surface area contributed by atoms with Crippen LogP contribution in [0.15, 0.2) is 0 Å². The highest BCUT2D eigenvalue weighted by molar-refractivity contribution is 5.24. The van der Waals surface area contributed by atoms with Gasteiger partial charge in [0.15, 0.2) is 0 Å². The summed E-state index contributed by atoms with van der Waals surface area (Å²) in [6, 6.07) is 2.30. The lowest BCUT2D eigenvalue weighted by molar-refractivity contribution is 0.109. The predicted molar refractivity (Wildman–Crippen MR) is 86.4 cm³/mol. The van der Waals surface area contributed by atoms with E-state index < -0.39 is 0 Å². The lowest BCUT2D eigenvalue weighted by atomic mass is 9.96. The molecule has 3 heterocycles. The number of aryl methyl sites for hydroxylation is 2. The Balaban J connectivity index is 1.68. The van der Waals surface area contributed by atoms with Gasteiger partial charge < -0.3 is 5.32 Å². The maximum atomic E-state index is 4.58. The molecule has 0 aliphatic carbocycles. The second-order valence-corrected chi connectivity index (χ2v) is 6.95. The van der Waals surface area contributed by atoms with E-state index in [0.717, 1.165) is 24.7 Å². The molecule has 1 aromatic rings. The second kappa shape index (κ2) is 6.09. The Morgan fingerprint density at radius 3 is 2.38 bits per heavy atom. The van der Waals surface area contributed by atoms with Crippen molar-refractivity contribution >= 4 is 0 Å². The molecule has 4 heteroatoms. The van der Waals surface area contributed by atoms with E-state index in [-0.39, 0.29) is 0 Å². The number of hydrogen-bond acceptors (Lipinski definition) is 3. The van der Waals surface area contributed by atoms with Crippen LogP contribution in [0.5, 0.6) is 0 Å². The molecular weight excluding hydrogens is 260 g/mol. The smallest absolute Gasteiger partial charge is 0.0641 e. The van der Waals surface area contributed by atoms with Crippen molar-refractivity contribution in [3.63, 3.8) is 0 Å². The summed E-state index contributed by atoms with van der Waals surface area (Å²) in [5.74, 6) is 0. The molecule has 2 unspecified atom stereocenters. The van der Waals surface area contributed by atoms with Gasteiger partial charge in [0.25, 0.3) is 0 Å². The maximum Gasteiger partial charge on any atom is 0.0641 e. The summed E-state index contributed by atoms with van der Waals surface area (Å²) < 4.78 is 2.03. The molecule has 0 spiro atoms. The molecule has 3 rings (SSSR count). The van der Waals surface area contributed by atoms with E-state index in [1.165, 1.54) is 55.6 Å². The number of nitrogens with one attached hydrogen (secondary N) is 1. The number of rotatable bonds is 5. The molecule has 0 aromatic carbocycles. The third-order valence-corrected chi connectivity index (χ3v) is 5.57. The maximum absolute atomic E-state index is 4.58. The minimum Gasteiger partial charge on any atom is -0.314 e. The molecule has 21 heavy (non-hydrogen) atoms. The first-order chi connectivity index (χ1) is 10.1. The molecule has 2 atom stereocenters. The highest BCUT2D eigenvalue weighted by Gasteiger charge is 2.40. The molecule has 118 valence electrons. The van der Waals surface area contributed by atoms with Crippen LogP contribution >= 0.6 is 0 Å². The largest absolute Gasteiger partial charge is 0.314 e. The summed E-state index contributed by atoms with van der Waals surface area (Å²) in [6.07, 6.45) is 6.66. The molecule has 1 N–H and O–H groups in total. The first kappa shape index (κ1) is 15.0. The van der Waals surface area contributed by atoms with Crippen LogP contribution in [0, 0.1) is 13.8 Å². The third-order valence-electron chi connectivity index (χ3n) is 5.57. The molecule has 2 saturated heterocycles. The van der Waals surface area contributed by atoms with Gasteiger partial charge in [-0.05, 0) is 52.5 Å². The molecular formula is C17H30N4. The van der Waals surface area contributed by atoms with Crippen molar-refractivity contribution in [2.45, 2.75) is 77.5 Å². The second-order valence-electron chi connectivity index (χ2n) is 6.95. The summed E-state index contributed by atoms with van der Waals surface area (Å²) >= 11 is 0. The first-order valence-corrected chi connectivity index (χ1v) is 8.58. The van der Waals surface area contributed by atoms with Crippen LogP contribution in [0.25, 0.3) is 0 Å². The van der Waals surface area contributed by atoms with E-state index in [1.54, 1.807) is 0 Å². The number of fused-ring (bicyclic) bond motifs is 2. The van der Waals surface area contributed by atoms with Crippen molar-refractivity contribution < 1.29 is 0 Å². The Hall–Kier alpha value is -0.870. The topological polar surface area (TPSA) is 33.1 Å². The van der Waals surface area contributed by atoms with E-state index in [0.29, 0.717) is 0 Å². The fraction of sp³-hybridized carbons (Fsp3) is 0.824. The number of piperidine rings is 1. The zero-order valence-electron chi connectivity index (χ0n) is 14.0. The summed E-state index contributed by atoms with van der Waals surface area (Å²) in [6.45, 7) is 8.88. The lowest BCUT2D eigenvalue weighted by Gasteiger charge is -2.39. The van der Waals surface area contributed by atoms with Gasteiger partial charge >= 0.3 is 0 Å². The van der Waals surface area contributed by atoms with Crippen LogP contribution in [-0.4, -0.2) is 39.4 Å². The lowest BCUT2D eigenvalue weighted by Crippen LogP contribution is -2.48. The molecule has 4 nitrogen and oxygen atoms in total. The Labute approximate surface area is 128 Å². The van der Waals surface area contributed by atoms with Crippen LogP contribution in [0.4, 0.5) is 0 Å². The Morgan fingerprint density at radius 1 is 1.19 bits per heavy atom. The minimum atomic E-state index is 0.745. The monoisotopic (exact) mass is 290 g/mol. The van der Waals surface area contributed by atoms with E-state index in [4.69, 9.17) is 0 Å². The summed E-state index contributed by atoms with van der Waals surface area (Å²) in [4.78, 5) is 2.77. The molecule has 0 saturated carbocycles. The first-order valence-electron chi connectivity index (χ1n) is 8.58. The van der Waals surface area contributed by atoms with Crippen molar-refractivity contribution in [3.8, 4) is 0 Å². The Bertz CT molecular complexity index is 479. The highest BCUT2D eigenvalue weighted by Crippen LogP contribution is 2.37. The van der Waals surface area contributed by atoms with Crippen molar-refractivity contribution in [1.82, 2.24) is 20.0 Å². The van der Waals surface area contributed by atoms with Crippen molar-refractivity contribution in [2.75, 3.05) is 6.54 Å². The van der Waals surface area contributed by atoms with Gasteiger partial charge in [0.05, 0.1) is 5.69 Å². The van der Waals surface area contributed by atoms with Crippen molar-refractivity contribution in [2.24, 2.45) is 7.05 Å². The molecule has 2 aliphatic heterocycles. The Kier molecular flexibility index (Phi) is 4.36. The van der Waals surface area contributed by atoms with Gasteiger partial charge in [0.1, 0.15) is 0 Å².